The zero-order valence-electron chi connectivity index (χ0n) is 14.1. The third-order valence-corrected chi connectivity index (χ3v) is 3.73. The molecular weight excluding hydrogens is 264 g/mol. The molecule has 0 atom stereocenters. The third kappa shape index (κ3) is 5.50. The van der Waals surface area contributed by atoms with Gasteiger partial charge in [-0.15, -0.1) is 0 Å². The van der Waals surface area contributed by atoms with Crippen LogP contribution >= 0.6 is 0 Å². The molecule has 0 aliphatic heterocycles. The van der Waals surface area contributed by atoms with Crippen LogP contribution in [-0.2, 0) is 11.3 Å². The van der Waals surface area contributed by atoms with Crippen LogP contribution in [-0.4, -0.2) is 36.7 Å². The molecule has 120 valence electrons. The van der Waals surface area contributed by atoms with Crippen LogP contribution in [0.15, 0.2) is 6.07 Å². The van der Waals surface area contributed by atoms with E-state index in [1.165, 1.54) is 12.8 Å². The lowest BCUT2D eigenvalue weighted by atomic mass is 10.0. The SMILES string of the molecule is CCNc1cc(N(CC)CC(CC)CC)nc(COC)n1. The van der Waals surface area contributed by atoms with E-state index in [9.17, 15) is 0 Å². The molecule has 0 saturated carbocycles. The summed E-state index contributed by atoms with van der Waals surface area (Å²) in [6.45, 7) is 12.0. The van der Waals surface area contributed by atoms with Gasteiger partial charge in [0.05, 0.1) is 0 Å². The second kappa shape index (κ2) is 9.55. The van der Waals surface area contributed by atoms with E-state index in [1.807, 2.05) is 6.07 Å². The Kier molecular flexibility index (Phi) is 8.05. The first-order chi connectivity index (χ1) is 10.2. The molecule has 5 heteroatoms. The first kappa shape index (κ1) is 17.7. The van der Waals surface area contributed by atoms with Crippen molar-refractivity contribution in [2.75, 3.05) is 37.0 Å². The van der Waals surface area contributed by atoms with Gasteiger partial charge >= 0.3 is 0 Å². The van der Waals surface area contributed by atoms with Crippen LogP contribution in [0.4, 0.5) is 11.6 Å². The van der Waals surface area contributed by atoms with E-state index in [-0.39, 0.29) is 0 Å². The third-order valence-electron chi connectivity index (χ3n) is 3.73. The summed E-state index contributed by atoms with van der Waals surface area (Å²) in [5.74, 6) is 3.29. The molecule has 0 unspecified atom stereocenters. The standard InChI is InChI=1S/C16H30N4O/c1-6-13(7-2)11-20(9-4)16-10-14(17-8-3)18-15(19-16)12-21-5/h10,13H,6-9,11-12H2,1-5H3,(H,17,18,19). The summed E-state index contributed by atoms with van der Waals surface area (Å²) in [4.78, 5) is 11.5. The summed E-state index contributed by atoms with van der Waals surface area (Å²) < 4.78 is 5.18. The first-order valence-corrected chi connectivity index (χ1v) is 8.04. The highest BCUT2D eigenvalue weighted by atomic mass is 16.5. The average molecular weight is 294 g/mol. The maximum Gasteiger partial charge on any atom is 0.158 e. The Bertz CT molecular complexity index is 383. The number of methoxy groups -OCH3 is 1. The van der Waals surface area contributed by atoms with E-state index >= 15 is 0 Å². The largest absolute Gasteiger partial charge is 0.377 e. The number of nitrogens with zero attached hydrogens (tertiary/aromatic N) is 3. The summed E-state index contributed by atoms with van der Waals surface area (Å²) >= 11 is 0. The Morgan fingerprint density at radius 3 is 2.43 bits per heavy atom. The van der Waals surface area contributed by atoms with Crippen LogP contribution in [0.5, 0.6) is 0 Å². The number of ether oxygens (including phenoxy) is 1. The molecule has 0 radical (unpaired) electrons. The van der Waals surface area contributed by atoms with Gasteiger partial charge in [0.25, 0.3) is 0 Å². The maximum atomic E-state index is 5.18. The quantitative estimate of drug-likeness (QED) is 0.717. The van der Waals surface area contributed by atoms with Crippen molar-refractivity contribution in [2.45, 2.75) is 47.1 Å². The molecule has 5 nitrogen and oxygen atoms in total. The molecule has 1 aromatic heterocycles. The van der Waals surface area contributed by atoms with Crippen molar-refractivity contribution in [1.82, 2.24) is 9.97 Å². The Hall–Kier alpha value is -1.36. The van der Waals surface area contributed by atoms with Gasteiger partial charge in [-0.1, -0.05) is 26.7 Å². The Morgan fingerprint density at radius 1 is 1.19 bits per heavy atom. The number of aromatic nitrogens is 2. The molecule has 0 saturated heterocycles. The van der Waals surface area contributed by atoms with Crippen LogP contribution in [0.1, 0.15) is 46.4 Å². The lowest BCUT2D eigenvalue weighted by Crippen LogP contribution is -2.30. The molecular formula is C16H30N4O. The lowest BCUT2D eigenvalue weighted by Gasteiger charge is -2.27. The zero-order valence-corrected chi connectivity index (χ0v) is 14.1. The number of anilines is 2. The van der Waals surface area contributed by atoms with Gasteiger partial charge < -0.3 is 15.0 Å². The average Bonchev–Trinajstić information content (AvgIpc) is 2.49. The first-order valence-electron chi connectivity index (χ1n) is 8.04. The van der Waals surface area contributed by atoms with Crippen LogP contribution in [0.25, 0.3) is 0 Å². The molecule has 0 amide bonds. The molecule has 0 aromatic carbocycles. The number of rotatable bonds is 10. The summed E-state index contributed by atoms with van der Waals surface area (Å²) in [5.41, 5.74) is 0. The van der Waals surface area contributed by atoms with Gasteiger partial charge in [0.1, 0.15) is 18.2 Å². The van der Waals surface area contributed by atoms with Gasteiger partial charge in [0.15, 0.2) is 5.82 Å². The highest BCUT2D eigenvalue weighted by Gasteiger charge is 2.14. The van der Waals surface area contributed by atoms with E-state index in [0.29, 0.717) is 12.5 Å². The molecule has 1 rings (SSSR count). The zero-order chi connectivity index (χ0) is 15.7. The Labute approximate surface area is 129 Å². The minimum Gasteiger partial charge on any atom is -0.377 e. The molecule has 0 bridgehead atoms. The smallest absolute Gasteiger partial charge is 0.158 e. The lowest BCUT2D eigenvalue weighted by molar-refractivity contribution is 0.178. The van der Waals surface area contributed by atoms with E-state index in [2.05, 4.69) is 47.9 Å². The van der Waals surface area contributed by atoms with Gasteiger partial charge in [-0.05, 0) is 19.8 Å². The second-order valence-corrected chi connectivity index (χ2v) is 5.21. The van der Waals surface area contributed by atoms with Crippen LogP contribution < -0.4 is 10.2 Å². The predicted molar refractivity (Wildman–Crippen MR) is 88.9 cm³/mol. The number of hydrogen-bond acceptors (Lipinski definition) is 5. The topological polar surface area (TPSA) is 50.3 Å². The summed E-state index contributed by atoms with van der Waals surface area (Å²) in [6, 6.07) is 2.04. The molecule has 1 aromatic rings. The van der Waals surface area contributed by atoms with Crippen LogP contribution in [0.3, 0.4) is 0 Å². The number of hydrogen-bond donors (Lipinski definition) is 1. The highest BCUT2D eigenvalue weighted by Crippen LogP contribution is 2.19. The summed E-state index contributed by atoms with van der Waals surface area (Å²) in [7, 11) is 1.67. The highest BCUT2D eigenvalue weighted by molar-refractivity contribution is 5.49. The van der Waals surface area contributed by atoms with Crippen molar-refractivity contribution >= 4 is 11.6 Å². The minimum atomic E-state index is 0.439. The van der Waals surface area contributed by atoms with Crippen molar-refractivity contribution in [1.29, 1.82) is 0 Å². The van der Waals surface area contributed by atoms with Gasteiger partial charge in [-0.3, -0.25) is 0 Å². The predicted octanol–water partition coefficient (Wildman–Crippen LogP) is 3.32. The fraction of sp³-hybridized carbons (Fsp3) is 0.750. The van der Waals surface area contributed by atoms with Crippen molar-refractivity contribution in [2.24, 2.45) is 5.92 Å². The van der Waals surface area contributed by atoms with E-state index in [4.69, 9.17) is 4.74 Å². The van der Waals surface area contributed by atoms with Crippen LogP contribution in [0.2, 0.25) is 0 Å². The monoisotopic (exact) mass is 294 g/mol. The molecule has 1 heterocycles. The summed E-state index contributed by atoms with van der Waals surface area (Å²) in [5, 5.41) is 3.27. The minimum absolute atomic E-state index is 0.439. The van der Waals surface area contributed by atoms with E-state index in [1.54, 1.807) is 7.11 Å². The van der Waals surface area contributed by atoms with Gasteiger partial charge in [0, 0.05) is 32.8 Å². The van der Waals surface area contributed by atoms with E-state index < -0.39 is 0 Å². The van der Waals surface area contributed by atoms with Gasteiger partial charge in [-0.25, -0.2) is 9.97 Å². The fourth-order valence-electron chi connectivity index (χ4n) is 2.35. The molecule has 0 aliphatic carbocycles. The molecule has 0 fully saturated rings. The Morgan fingerprint density at radius 2 is 1.90 bits per heavy atom. The van der Waals surface area contributed by atoms with Gasteiger partial charge in [-0.2, -0.15) is 0 Å². The van der Waals surface area contributed by atoms with Gasteiger partial charge in [0.2, 0.25) is 0 Å². The normalized spacial score (nSPS) is 11.0. The van der Waals surface area contributed by atoms with Crippen molar-refractivity contribution < 1.29 is 4.74 Å². The molecule has 1 N–H and O–H groups in total. The molecule has 0 aliphatic rings. The number of nitrogens with one attached hydrogen (secondary N) is 1. The van der Waals surface area contributed by atoms with Crippen molar-refractivity contribution in [3.63, 3.8) is 0 Å². The summed E-state index contributed by atoms with van der Waals surface area (Å²) in [6.07, 6.45) is 2.39. The Balaban J connectivity index is 2.99. The maximum absolute atomic E-state index is 5.18. The molecule has 21 heavy (non-hydrogen) atoms. The molecule has 0 spiro atoms. The van der Waals surface area contributed by atoms with Crippen molar-refractivity contribution in [3.05, 3.63) is 11.9 Å². The second-order valence-electron chi connectivity index (χ2n) is 5.21. The fourth-order valence-corrected chi connectivity index (χ4v) is 2.35. The van der Waals surface area contributed by atoms with E-state index in [0.717, 1.165) is 37.1 Å². The van der Waals surface area contributed by atoms with Crippen molar-refractivity contribution in [3.8, 4) is 0 Å². The van der Waals surface area contributed by atoms with Crippen LogP contribution in [0, 0.1) is 5.92 Å².